The molecular formula is C12H17BrN2O2. The first-order valence-electron chi connectivity index (χ1n) is 5.75. The van der Waals surface area contributed by atoms with Crippen molar-refractivity contribution in [2.75, 3.05) is 0 Å². The smallest absolute Gasteiger partial charge is 0.360 e. The molecular weight excluding hydrogens is 284 g/mol. The minimum absolute atomic E-state index is 0.369. The third-order valence-electron chi connectivity index (χ3n) is 2.59. The van der Waals surface area contributed by atoms with Gasteiger partial charge in [0.25, 0.3) is 0 Å². The van der Waals surface area contributed by atoms with Gasteiger partial charge >= 0.3 is 5.97 Å². The van der Waals surface area contributed by atoms with Gasteiger partial charge in [-0.3, -0.25) is 0 Å². The Morgan fingerprint density at radius 3 is 2.53 bits per heavy atom. The Bertz CT molecular complexity index is 456. The lowest BCUT2D eigenvalue weighted by Crippen LogP contribution is -2.24. The molecule has 0 atom stereocenters. The SMILES string of the molecule is Cn1c(C2CC2)nc(C(=O)OC(C)(C)C)c1Br. The molecule has 94 valence electrons. The van der Waals surface area contributed by atoms with Crippen LogP contribution in [0.3, 0.4) is 0 Å². The van der Waals surface area contributed by atoms with Crippen LogP contribution >= 0.6 is 15.9 Å². The van der Waals surface area contributed by atoms with E-state index in [2.05, 4.69) is 20.9 Å². The highest BCUT2D eigenvalue weighted by Gasteiger charge is 2.32. The highest BCUT2D eigenvalue weighted by molar-refractivity contribution is 9.10. The number of aromatic nitrogens is 2. The van der Waals surface area contributed by atoms with Crippen molar-refractivity contribution in [2.24, 2.45) is 7.05 Å². The van der Waals surface area contributed by atoms with E-state index in [1.807, 2.05) is 32.4 Å². The number of rotatable bonds is 2. The Morgan fingerprint density at radius 1 is 1.47 bits per heavy atom. The molecule has 17 heavy (non-hydrogen) atoms. The van der Waals surface area contributed by atoms with Gasteiger partial charge in [0.1, 0.15) is 16.0 Å². The molecule has 0 spiro atoms. The first-order valence-corrected chi connectivity index (χ1v) is 6.54. The van der Waals surface area contributed by atoms with Crippen molar-refractivity contribution in [1.29, 1.82) is 0 Å². The van der Waals surface area contributed by atoms with Gasteiger partial charge in [-0.05, 0) is 49.5 Å². The molecule has 4 nitrogen and oxygen atoms in total. The lowest BCUT2D eigenvalue weighted by atomic mass is 10.2. The third-order valence-corrected chi connectivity index (χ3v) is 3.50. The number of carbonyl (C=O) groups excluding carboxylic acids is 1. The minimum Gasteiger partial charge on any atom is -0.455 e. The molecule has 0 unspecified atom stereocenters. The summed E-state index contributed by atoms with van der Waals surface area (Å²) in [5.41, 5.74) is -0.113. The monoisotopic (exact) mass is 300 g/mol. The van der Waals surface area contributed by atoms with Crippen molar-refractivity contribution in [3.8, 4) is 0 Å². The zero-order valence-electron chi connectivity index (χ0n) is 10.6. The molecule has 2 rings (SSSR count). The number of halogens is 1. The molecule has 1 aromatic heterocycles. The van der Waals surface area contributed by atoms with Gasteiger partial charge in [-0.1, -0.05) is 0 Å². The summed E-state index contributed by atoms with van der Waals surface area (Å²) < 4.78 is 7.96. The number of nitrogens with zero attached hydrogens (tertiary/aromatic N) is 2. The van der Waals surface area contributed by atoms with Gasteiger partial charge in [-0.2, -0.15) is 0 Å². The van der Waals surface area contributed by atoms with Crippen LogP contribution in [0.2, 0.25) is 0 Å². The summed E-state index contributed by atoms with van der Waals surface area (Å²) in [6.45, 7) is 5.55. The molecule has 1 aromatic rings. The van der Waals surface area contributed by atoms with Crippen LogP contribution in [0.15, 0.2) is 4.60 Å². The summed E-state index contributed by atoms with van der Waals surface area (Å²) in [7, 11) is 1.92. The Morgan fingerprint density at radius 2 is 2.06 bits per heavy atom. The van der Waals surface area contributed by atoms with Crippen LogP contribution in [0.4, 0.5) is 0 Å². The molecule has 1 saturated carbocycles. The fourth-order valence-electron chi connectivity index (χ4n) is 1.66. The molecule has 0 bridgehead atoms. The van der Waals surface area contributed by atoms with Gasteiger partial charge < -0.3 is 9.30 Å². The van der Waals surface area contributed by atoms with Crippen molar-refractivity contribution < 1.29 is 9.53 Å². The zero-order chi connectivity index (χ0) is 12.8. The van der Waals surface area contributed by atoms with Crippen LogP contribution in [-0.2, 0) is 11.8 Å². The maximum atomic E-state index is 12.0. The molecule has 0 N–H and O–H groups in total. The van der Waals surface area contributed by atoms with Crippen LogP contribution in [-0.4, -0.2) is 21.1 Å². The molecule has 0 amide bonds. The van der Waals surface area contributed by atoms with E-state index >= 15 is 0 Å². The van der Waals surface area contributed by atoms with Crippen LogP contribution < -0.4 is 0 Å². The van der Waals surface area contributed by atoms with E-state index in [-0.39, 0.29) is 5.97 Å². The van der Waals surface area contributed by atoms with E-state index < -0.39 is 5.60 Å². The van der Waals surface area contributed by atoms with Gasteiger partial charge in [-0.15, -0.1) is 0 Å². The Labute approximate surface area is 109 Å². The Hall–Kier alpha value is -0.840. The lowest BCUT2D eigenvalue weighted by molar-refractivity contribution is 0.00620. The van der Waals surface area contributed by atoms with E-state index in [1.54, 1.807) is 0 Å². The second-order valence-electron chi connectivity index (χ2n) is 5.44. The van der Waals surface area contributed by atoms with Crippen LogP contribution in [0, 0.1) is 0 Å². The third kappa shape index (κ3) is 2.70. The maximum Gasteiger partial charge on any atom is 0.360 e. The van der Waals surface area contributed by atoms with E-state index in [0.717, 1.165) is 18.7 Å². The first-order chi connectivity index (χ1) is 7.79. The maximum absolute atomic E-state index is 12.0. The number of hydrogen-bond acceptors (Lipinski definition) is 3. The number of esters is 1. The fraction of sp³-hybridized carbons (Fsp3) is 0.667. The van der Waals surface area contributed by atoms with Crippen molar-refractivity contribution >= 4 is 21.9 Å². The fourth-order valence-corrected chi connectivity index (χ4v) is 2.09. The molecule has 1 aliphatic carbocycles. The number of carbonyl (C=O) groups is 1. The molecule has 1 heterocycles. The average molecular weight is 301 g/mol. The van der Waals surface area contributed by atoms with E-state index in [4.69, 9.17) is 4.74 Å². The standard InChI is InChI=1S/C12H17BrN2O2/c1-12(2,3)17-11(16)8-9(13)15(4)10(14-8)7-5-6-7/h7H,5-6H2,1-4H3. The van der Waals surface area contributed by atoms with Gasteiger partial charge in [0, 0.05) is 13.0 Å². The molecule has 0 saturated heterocycles. The molecule has 5 heteroatoms. The first kappa shape index (κ1) is 12.6. The predicted molar refractivity (Wildman–Crippen MR) is 68.1 cm³/mol. The summed E-state index contributed by atoms with van der Waals surface area (Å²) in [5.74, 6) is 1.11. The lowest BCUT2D eigenvalue weighted by Gasteiger charge is -2.18. The highest BCUT2D eigenvalue weighted by atomic mass is 79.9. The van der Waals surface area contributed by atoms with E-state index in [0.29, 0.717) is 16.2 Å². The second-order valence-corrected chi connectivity index (χ2v) is 6.20. The van der Waals surface area contributed by atoms with Crippen LogP contribution in [0.1, 0.15) is 55.8 Å². The van der Waals surface area contributed by atoms with Gasteiger partial charge in [-0.25, -0.2) is 9.78 Å². The summed E-state index contributed by atoms with van der Waals surface area (Å²) in [4.78, 5) is 16.4. The summed E-state index contributed by atoms with van der Waals surface area (Å²) in [5, 5.41) is 0. The van der Waals surface area contributed by atoms with Crippen molar-refractivity contribution in [3.05, 3.63) is 16.1 Å². The van der Waals surface area contributed by atoms with Crippen molar-refractivity contribution in [2.45, 2.75) is 45.1 Å². The number of hydrogen-bond donors (Lipinski definition) is 0. The van der Waals surface area contributed by atoms with Crippen LogP contribution in [0.25, 0.3) is 0 Å². The van der Waals surface area contributed by atoms with Gasteiger partial charge in [0.05, 0.1) is 0 Å². The normalized spacial score (nSPS) is 16.1. The van der Waals surface area contributed by atoms with Gasteiger partial charge in [0.2, 0.25) is 0 Å². The summed E-state index contributed by atoms with van der Waals surface area (Å²) in [6, 6.07) is 0. The van der Waals surface area contributed by atoms with E-state index in [1.165, 1.54) is 0 Å². The molecule has 0 aliphatic heterocycles. The van der Waals surface area contributed by atoms with Gasteiger partial charge in [0.15, 0.2) is 5.69 Å². The molecule has 0 radical (unpaired) electrons. The topological polar surface area (TPSA) is 44.1 Å². The zero-order valence-corrected chi connectivity index (χ0v) is 12.2. The quantitative estimate of drug-likeness (QED) is 0.789. The van der Waals surface area contributed by atoms with Crippen molar-refractivity contribution in [1.82, 2.24) is 9.55 Å². The average Bonchev–Trinajstić information content (AvgIpc) is 2.94. The van der Waals surface area contributed by atoms with E-state index in [9.17, 15) is 4.79 Å². The summed E-state index contributed by atoms with van der Waals surface area (Å²) in [6.07, 6.45) is 2.32. The second kappa shape index (κ2) is 4.12. The largest absolute Gasteiger partial charge is 0.455 e. The Kier molecular flexibility index (Phi) is 3.06. The molecule has 1 aliphatic rings. The highest BCUT2D eigenvalue weighted by Crippen LogP contribution is 2.40. The Balaban J connectivity index is 2.26. The molecule has 0 aromatic carbocycles. The van der Waals surface area contributed by atoms with Crippen molar-refractivity contribution in [3.63, 3.8) is 0 Å². The predicted octanol–water partition coefficient (Wildman–Crippen LogP) is 3.02. The molecule has 1 fully saturated rings. The van der Waals surface area contributed by atoms with Crippen LogP contribution in [0.5, 0.6) is 0 Å². The number of ether oxygens (including phenoxy) is 1. The number of imidazole rings is 1. The minimum atomic E-state index is -0.492. The summed E-state index contributed by atoms with van der Waals surface area (Å²) >= 11 is 3.40.